The average Bonchev–Trinajstić information content (AvgIpc) is 3.97. The van der Waals surface area contributed by atoms with Crippen LogP contribution in [0.2, 0.25) is 0 Å². The van der Waals surface area contributed by atoms with E-state index in [-0.39, 0.29) is 11.9 Å². The Labute approximate surface area is 331 Å². The van der Waals surface area contributed by atoms with E-state index in [1.54, 1.807) is 18.9 Å². The van der Waals surface area contributed by atoms with E-state index in [4.69, 9.17) is 30.4 Å². The van der Waals surface area contributed by atoms with Crippen molar-refractivity contribution in [3.05, 3.63) is 79.1 Å². The summed E-state index contributed by atoms with van der Waals surface area (Å²) in [5.74, 6) is 3.95. The van der Waals surface area contributed by atoms with Gasteiger partial charge < -0.3 is 50.8 Å². The topological polar surface area (TPSA) is 220 Å². The van der Waals surface area contributed by atoms with Crippen LogP contribution in [0.5, 0.6) is 11.5 Å². The number of hydrogen-bond donors (Lipinski definition) is 4. The van der Waals surface area contributed by atoms with Crippen LogP contribution in [0.15, 0.2) is 79.1 Å². The average molecular weight is 792 g/mol. The molecule has 57 heavy (non-hydrogen) atoms. The van der Waals surface area contributed by atoms with Crippen molar-refractivity contribution < 1.29 is 18.9 Å². The van der Waals surface area contributed by atoms with Crippen molar-refractivity contribution in [1.82, 2.24) is 44.5 Å². The smallest absolute Gasteiger partial charge is 0.249 e. The number of methoxy groups -OCH3 is 2. The quantitative estimate of drug-likeness (QED) is 0.152. The number of morpholine rings is 2. The number of nitrogens with one attached hydrogen (secondary N) is 2. The highest BCUT2D eigenvalue weighted by molar-refractivity contribution is 7.20. The SMILES string of the molecule is COc1cc(N2CCOCC2)ccc1Nc1nc(N)n(-c2nc3ccccc3s2)n1.COc1ccccc1Nc1nc(N)n(-c2cc(N3CCOCC3)ncn2)n1. The predicted octanol–water partition coefficient (Wildman–Crippen LogP) is 4.28. The van der Waals surface area contributed by atoms with E-state index in [0.29, 0.717) is 47.6 Å². The third-order valence-corrected chi connectivity index (χ3v) is 10.1. The van der Waals surface area contributed by atoms with Crippen LogP contribution in [0, 0.1) is 0 Å². The van der Waals surface area contributed by atoms with Crippen LogP contribution in [0.4, 0.5) is 46.7 Å². The molecule has 0 atom stereocenters. The first kappa shape index (κ1) is 37.2. The second-order valence-electron chi connectivity index (χ2n) is 12.6. The van der Waals surface area contributed by atoms with Crippen molar-refractivity contribution in [1.29, 1.82) is 0 Å². The Morgan fingerprint density at radius 2 is 1.26 bits per heavy atom. The summed E-state index contributed by atoms with van der Waals surface area (Å²) in [6.45, 7) is 6.11. The molecule has 0 spiro atoms. The van der Waals surface area contributed by atoms with Crippen LogP contribution in [-0.2, 0) is 9.47 Å². The molecule has 0 bridgehead atoms. The van der Waals surface area contributed by atoms with Crippen molar-refractivity contribution in [3.63, 3.8) is 0 Å². The number of aromatic nitrogens is 9. The predicted molar refractivity (Wildman–Crippen MR) is 219 cm³/mol. The Hall–Kier alpha value is -6.77. The summed E-state index contributed by atoms with van der Waals surface area (Å²) < 4.78 is 25.8. The number of rotatable bonds is 10. The fourth-order valence-corrected chi connectivity index (χ4v) is 7.15. The Kier molecular flexibility index (Phi) is 11.0. The van der Waals surface area contributed by atoms with Gasteiger partial charge in [0, 0.05) is 44.0 Å². The van der Waals surface area contributed by atoms with Gasteiger partial charge in [0.15, 0.2) is 5.82 Å². The van der Waals surface area contributed by atoms with Gasteiger partial charge in [0.1, 0.15) is 23.6 Å². The molecular weight excluding hydrogens is 751 g/mol. The highest BCUT2D eigenvalue weighted by Crippen LogP contribution is 2.33. The highest BCUT2D eigenvalue weighted by atomic mass is 32.1. The molecule has 0 radical (unpaired) electrons. The number of para-hydroxylation sites is 3. The minimum atomic E-state index is 0.221. The maximum absolute atomic E-state index is 6.11. The molecule has 20 heteroatoms. The van der Waals surface area contributed by atoms with Crippen molar-refractivity contribution in [3.8, 4) is 22.4 Å². The van der Waals surface area contributed by atoms with Gasteiger partial charge in [0.2, 0.25) is 28.9 Å². The molecule has 7 aromatic rings. The van der Waals surface area contributed by atoms with Gasteiger partial charge in [0.05, 0.1) is 62.2 Å². The van der Waals surface area contributed by atoms with Gasteiger partial charge in [-0.15, -0.1) is 10.2 Å². The first-order valence-corrected chi connectivity index (χ1v) is 18.9. The van der Waals surface area contributed by atoms with Crippen LogP contribution in [0.1, 0.15) is 0 Å². The number of fused-ring (bicyclic) bond motifs is 1. The number of nitrogens with zero attached hydrogens (tertiary/aromatic N) is 11. The summed E-state index contributed by atoms with van der Waals surface area (Å²) in [5, 5.41) is 15.9. The zero-order valence-electron chi connectivity index (χ0n) is 31.3. The van der Waals surface area contributed by atoms with E-state index < -0.39 is 0 Å². The maximum atomic E-state index is 6.11. The third-order valence-electron chi connectivity index (χ3n) is 9.08. The van der Waals surface area contributed by atoms with E-state index in [0.717, 1.165) is 72.5 Å². The molecule has 0 amide bonds. The van der Waals surface area contributed by atoms with Gasteiger partial charge in [-0.2, -0.15) is 19.3 Å². The van der Waals surface area contributed by atoms with E-state index in [2.05, 4.69) is 55.6 Å². The van der Waals surface area contributed by atoms with Gasteiger partial charge >= 0.3 is 0 Å². The summed E-state index contributed by atoms with van der Waals surface area (Å²) in [6.07, 6.45) is 1.49. The molecule has 2 aliphatic rings. The molecule has 2 fully saturated rings. The van der Waals surface area contributed by atoms with Crippen molar-refractivity contribution in [2.24, 2.45) is 0 Å². The second-order valence-corrected chi connectivity index (χ2v) is 13.7. The summed E-state index contributed by atoms with van der Waals surface area (Å²) in [4.78, 5) is 26.2. The van der Waals surface area contributed by atoms with Crippen LogP contribution in [0.25, 0.3) is 21.2 Å². The Morgan fingerprint density at radius 1 is 0.649 bits per heavy atom. The third kappa shape index (κ3) is 8.42. The highest BCUT2D eigenvalue weighted by Gasteiger charge is 2.19. The Balaban J connectivity index is 0.000000161. The standard InChI is InChI=1S/C20H21N7O2S.C17H20N8O2/c1-28-16-12-13(26-8-10-29-11-9-26)6-7-14(16)22-19-24-18(21)27(25-19)20-23-15-4-2-3-5-17(15)30-20;1-26-13-5-3-2-4-12(13)21-17-22-16(18)25(23-17)15-10-14(19-11-20-15)24-6-8-27-9-7-24/h2-7,12H,8-11H2,1H3,(H3,21,22,24,25);2-5,10-11H,6-9H2,1H3,(H3,18,21,22,23). The lowest BCUT2D eigenvalue weighted by molar-refractivity contribution is 0.122. The van der Waals surface area contributed by atoms with Crippen molar-refractivity contribution >= 4 is 68.2 Å². The summed E-state index contributed by atoms with van der Waals surface area (Å²) in [5.41, 5.74) is 15.7. The van der Waals surface area contributed by atoms with E-state index in [1.807, 2.05) is 72.8 Å². The van der Waals surface area contributed by atoms with Gasteiger partial charge in [-0.05, 0) is 36.4 Å². The minimum Gasteiger partial charge on any atom is -0.495 e. The molecular formula is C37H41N15O4S. The molecule has 0 saturated carbocycles. The number of benzene rings is 3. The lowest BCUT2D eigenvalue weighted by Crippen LogP contribution is -2.36. The molecule has 2 saturated heterocycles. The number of nitrogen functional groups attached to an aromatic ring is 2. The molecule has 4 aromatic heterocycles. The van der Waals surface area contributed by atoms with Crippen LogP contribution in [0.3, 0.4) is 0 Å². The number of anilines is 8. The van der Waals surface area contributed by atoms with Crippen molar-refractivity contribution in [2.45, 2.75) is 0 Å². The monoisotopic (exact) mass is 791 g/mol. The summed E-state index contributed by atoms with van der Waals surface area (Å²) in [7, 11) is 3.25. The van der Waals surface area contributed by atoms with Gasteiger partial charge in [-0.1, -0.05) is 35.6 Å². The molecule has 6 heterocycles. The molecule has 2 aliphatic heterocycles. The van der Waals surface area contributed by atoms with Gasteiger partial charge in [-0.25, -0.2) is 15.0 Å². The first-order valence-electron chi connectivity index (χ1n) is 18.1. The zero-order chi connectivity index (χ0) is 39.1. The number of ether oxygens (including phenoxy) is 4. The number of nitrogens with two attached hydrogens (primary N) is 2. The largest absolute Gasteiger partial charge is 0.495 e. The lowest BCUT2D eigenvalue weighted by atomic mass is 10.2. The lowest BCUT2D eigenvalue weighted by Gasteiger charge is -2.29. The Bertz CT molecular complexity index is 2410. The molecule has 6 N–H and O–H groups in total. The minimum absolute atomic E-state index is 0.221. The fourth-order valence-electron chi connectivity index (χ4n) is 6.22. The maximum Gasteiger partial charge on any atom is 0.249 e. The molecule has 294 valence electrons. The van der Waals surface area contributed by atoms with Crippen LogP contribution in [-0.4, -0.2) is 111 Å². The van der Waals surface area contributed by atoms with Crippen LogP contribution >= 0.6 is 11.3 Å². The van der Waals surface area contributed by atoms with Crippen molar-refractivity contribution in [2.75, 3.05) is 98.7 Å². The number of hydrogen-bond acceptors (Lipinski definition) is 18. The summed E-state index contributed by atoms with van der Waals surface area (Å²) in [6, 6.07) is 23.3. The second kappa shape index (κ2) is 16.9. The van der Waals surface area contributed by atoms with Gasteiger partial charge in [0.25, 0.3) is 0 Å². The summed E-state index contributed by atoms with van der Waals surface area (Å²) >= 11 is 1.51. The van der Waals surface area contributed by atoms with Gasteiger partial charge in [-0.3, -0.25) is 0 Å². The number of thiazole rings is 1. The zero-order valence-corrected chi connectivity index (χ0v) is 32.1. The normalized spacial score (nSPS) is 14.2. The van der Waals surface area contributed by atoms with E-state index >= 15 is 0 Å². The molecule has 3 aromatic carbocycles. The fraction of sp³-hybridized carbons (Fsp3) is 0.270. The van der Waals surface area contributed by atoms with E-state index in [1.165, 1.54) is 22.3 Å². The molecule has 0 unspecified atom stereocenters. The first-order chi connectivity index (χ1) is 27.9. The molecule has 9 rings (SSSR count). The van der Waals surface area contributed by atoms with E-state index in [9.17, 15) is 0 Å². The molecule has 19 nitrogen and oxygen atoms in total. The molecule has 0 aliphatic carbocycles. The van der Waals surface area contributed by atoms with Crippen LogP contribution < -0.4 is 41.4 Å². The Morgan fingerprint density at radius 3 is 1.98 bits per heavy atom.